The SMILES string of the molecule is CCC12CNCC(CC)(CNC1)C2O. The molecule has 2 bridgehead atoms. The zero-order valence-corrected chi connectivity index (χ0v) is 9.27. The normalized spacial score (nSPS) is 47.8. The quantitative estimate of drug-likeness (QED) is 0.600. The van der Waals surface area contributed by atoms with Gasteiger partial charge in [0.2, 0.25) is 0 Å². The van der Waals surface area contributed by atoms with Crippen LogP contribution in [-0.4, -0.2) is 37.4 Å². The molecule has 0 atom stereocenters. The second-order valence-corrected chi connectivity index (χ2v) is 5.04. The Bertz CT molecular complexity index is 187. The molecule has 0 saturated carbocycles. The molecule has 0 amide bonds. The van der Waals surface area contributed by atoms with E-state index in [9.17, 15) is 5.11 Å². The van der Waals surface area contributed by atoms with E-state index < -0.39 is 0 Å². The summed E-state index contributed by atoms with van der Waals surface area (Å²) in [5.41, 5.74) is 0.152. The fraction of sp³-hybridized carbons (Fsp3) is 1.00. The molecule has 3 nitrogen and oxygen atoms in total. The number of hydrogen-bond donors (Lipinski definition) is 3. The van der Waals surface area contributed by atoms with Gasteiger partial charge in [-0.25, -0.2) is 0 Å². The summed E-state index contributed by atoms with van der Waals surface area (Å²) in [6.07, 6.45) is 1.97. The molecule has 0 aromatic rings. The van der Waals surface area contributed by atoms with Crippen molar-refractivity contribution in [3.05, 3.63) is 0 Å². The highest BCUT2D eigenvalue weighted by Gasteiger charge is 2.53. The average Bonchev–Trinajstić information content (AvgIpc) is 2.19. The van der Waals surface area contributed by atoms with Gasteiger partial charge in [-0.05, 0) is 12.8 Å². The number of rotatable bonds is 2. The Morgan fingerprint density at radius 3 is 1.64 bits per heavy atom. The molecule has 3 heteroatoms. The zero-order chi connectivity index (χ0) is 10.2. The van der Waals surface area contributed by atoms with Gasteiger partial charge in [0.1, 0.15) is 0 Å². The van der Waals surface area contributed by atoms with Crippen LogP contribution in [0.5, 0.6) is 0 Å². The molecule has 0 aromatic carbocycles. The standard InChI is InChI=1S/C11H22N2O/c1-3-10-5-12-7-11(4-2,9(10)14)8-13-6-10/h9,12-14H,3-8H2,1-2H3. The Balaban J connectivity index is 2.28. The van der Waals surface area contributed by atoms with Gasteiger partial charge in [0.05, 0.1) is 6.10 Å². The van der Waals surface area contributed by atoms with Crippen LogP contribution in [0.2, 0.25) is 0 Å². The van der Waals surface area contributed by atoms with Crippen LogP contribution in [0.3, 0.4) is 0 Å². The van der Waals surface area contributed by atoms with Crippen molar-refractivity contribution < 1.29 is 5.11 Å². The van der Waals surface area contributed by atoms with E-state index in [4.69, 9.17) is 0 Å². The van der Waals surface area contributed by atoms with Gasteiger partial charge < -0.3 is 15.7 Å². The number of nitrogens with one attached hydrogen (secondary N) is 2. The van der Waals surface area contributed by atoms with E-state index in [0.29, 0.717) is 0 Å². The molecule has 0 unspecified atom stereocenters. The molecule has 2 fully saturated rings. The lowest BCUT2D eigenvalue weighted by Crippen LogP contribution is -2.70. The number of aliphatic hydroxyl groups is 1. The topological polar surface area (TPSA) is 44.3 Å². The van der Waals surface area contributed by atoms with Crippen LogP contribution in [0.15, 0.2) is 0 Å². The van der Waals surface area contributed by atoms with E-state index in [-0.39, 0.29) is 16.9 Å². The fourth-order valence-corrected chi connectivity index (χ4v) is 3.17. The van der Waals surface area contributed by atoms with Crippen molar-refractivity contribution in [2.24, 2.45) is 10.8 Å². The highest BCUT2D eigenvalue weighted by Crippen LogP contribution is 2.44. The Hall–Kier alpha value is -0.120. The summed E-state index contributed by atoms with van der Waals surface area (Å²) in [4.78, 5) is 0. The minimum Gasteiger partial charge on any atom is -0.392 e. The van der Waals surface area contributed by atoms with Crippen molar-refractivity contribution in [3.8, 4) is 0 Å². The smallest absolute Gasteiger partial charge is 0.0701 e. The summed E-state index contributed by atoms with van der Waals surface area (Å²) >= 11 is 0. The first-order valence-electron chi connectivity index (χ1n) is 5.79. The highest BCUT2D eigenvalue weighted by atomic mass is 16.3. The predicted molar refractivity (Wildman–Crippen MR) is 57.2 cm³/mol. The van der Waals surface area contributed by atoms with Crippen molar-refractivity contribution in [1.82, 2.24) is 10.6 Å². The minimum atomic E-state index is -0.132. The molecule has 14 heavy (non-hydrogen) atoms. The van der Waals surface area contributed by atoms with Crippen LogP contribution in [0.4, 0.5) is 0 Å². The van der Waals surface area contributed by atoms with Gasteiger partial charge in [0.15, 0.2) is 0 Å². The molecule has 82 valence electrons. The zero-order valence-electron chi connectivity index (χ0n) is 9.27. The molecule has 0 spiro atoms. The number of fused-ring (bicyclic) bond motifs is 2. The summed E-state index contributed by atoms with van der Waals surface area (Å²) < 4.78 is 0. The monoisotopic (exact) mass is 198 g/mol. The van der Waals surface area contributed by atoms with Crippen molar-refractivity contribution in [2.45, 2.75) is 32.8 Å². The molecular formula is C11H22N2O. The first-order chi connectivity index (χ1) is 6.69. The third-order valence-corrected chi connectivity index (χ3v) is 4.48. The lowest BCUT2D eigenvalue weighted by molar-refractivity contribution is -0.121. The lowest BCUT2D eigenvalue weighted by atomic mass is 9.60. The van der Waals surface area contributed by atoms with Crippen molar-refractivity contribution >= 4 is 0 Å². The van der Waals surface area contributed by atoms with E-state index in [2.05, 4.69) is 24.5 Å². The van der Waals surface area contributed by atoms with Gasteiger partial charge >= 0.3 is 0 Å². The second-order valence-electron chi connectivity index (χ2n) is 5.04. The van der Waals surface area contributed by atoms with Crippen molar-refractivity contribution in [1.29, 1.82) is 0 Å². The highest BCUT2D eigenvalue weighted by molar-refractivity contribution is 5.08. The van der Waals surface area contributed by atoms with Gasteiger partial charge in [0.25, 0.3) is 0 Å². The third-order valence-electron chi connectivity index (χ3n) is 4.48. The van der Waals surface area contributed by atoms with E-state index >= 15 is 0 Å². The van der Waals surface area contributed by atoms with Gasteiger partial charge in [-0.2, -0.15) is 0 Å². The van der Waals surface area contributed by atoms with Gasteiger partial charge in [0, 0.05) is 37.0 Å². The van der Waals surface area contributed by atoms with Crippen LogP contribution >= 0.6 is 0 Å². The van der Waals surface area contributed by atoms with Crippen LogP contribution < -0.4 is 10.6 Å². The molecule has 2 aliphatic rings. The minimum absolute atomic E-state index is 0.0759. The Morgan fingerprint density at radius 1 is 1.00 bits per heavy atom. The average molecular weight is 198 g/mol. The van der Waals surface area contributed by atoms with Crippen molar-refractivity contribution in [3.63, 3.8) is 0 Å². The Morgan fingerprint density at radius 2 is 1.36 bits per heavy atom. The molecule has 2 rings (SSSR count). The second kappa shape index (κ2) is 3.47. The van der Waals surface area contributed by atoms with Gasteiger partial charge in [-0.15, -0.1) is 0 Å². The largest absolute Gasteiger partial charge is 0.392 e. The molecule has 0 aromatic heterocycles. The maximum absolute atomic E-state index is 10.5. The summed E-state index contributed by atoms with van der Waals surface area (Å²) in [6, 6.07) is 0. The summed E-state index contributed by atoms with van der Waals surface area (Å²) in [7, 11) is 0. The lowest BCUT2D eigenvalue weighted by Gasteiger charge is -2.56. The van der Waals surface area contributed by atoms with Crippen LogP contribution in [0, 0.1) is 10.8 Å². The molecule has 2 heterocycles. The maximum Gasteiger partial charge on any atom is 0.0701 e. The molecule has 3 N–H and O–H groups in total. The van der Waals surface area contributed by atoms with Crippen LogP contribution in [-0.2, 0) is 0 Å². The Labute approximate surface area is 86.3 Å². The fourth-order valence-electron chi connectivity index (χ4n) is 3.17. The maximum atomic E-state index is 10.5. The van der Waals surface area contributed by atoms with Crippen molar-refractivity contribution in [2.75, 3.05) is 26.2 Å². The van der Waals surface area contributed by atoms with E-state index in [1.165, 1.54) is 0 Å². The molecule has 0 radical (unpaired) electrons. The molecule has 0 aliphatic carbocycles. The molecule has 2 aliphatic heterocycles. The first kappa shape index (κ1) is 10.4. The predicted octanol–water partition coefficient (Wildman–Crippen LogP) is 0.346. The summed E-state index contributed by atoms with van der Waals surface area (Å²) in [6.45, 7) is 8.20. The van der Waals surface area contributed by atoms with Gasteiger partial charge in [-0.1, -0.05) is 13.8 Å². The van der Waals surface area contributed by atoms with E-state index in [1.807, 2.05) is 0 Å². The number of aliphatic hydroxyl groups excluding tert-OH is 1. The molecular weight excluding hydrogens is 176 g/mol. The Kier molecular flexibility index (Phi) is 2.58. The third kappa shape index (κ3) is 1.23. The van der Waals surface area contributed by atoms with Crippen LogP contribution in [0.1, 0.15) is 26.7 Å². The summed E-state index contributed by atoms with van der Waals surface area (Å²) in [5, 5.41) is 17.5. The van der Waals surface area contributed by atoms with Crippen LogP contribution in [0.25, 0.3) is 0 Å². The van der Waals surface area contributed by atoms with Gasteiger partial charge in [-0.3, -0.25) is 0 Å². The summed E-state index contributed by atoms with van der Waals surface area (Å²) in [5.74, 6) is 0. The van der Waals surface area contributed by atoms with E-state index in [1.54, 1.807) is 0 Å². The first-order valence-corrected chi connectivity index (χ1v) is 5.79. The van der Waals surface area contributed by atoms with E-state index in [0.717, 1.165) is 39.0 Å². The number of hydrogen-bond acceptors (Lipinski definition) is 3. The molecule has 2 saturated heterocycles. The number of piperidine rings is 2.